The molecule has 0 atom stereocenters. The summed E-state index contributed by atoms with van der Waals surface area (Å²) in [4.78, 5) is 3.64. The lowest BCUT2D eigenvalue weighted by Gasteiger charge is -2.09. The van der Waals surface area contributed by atoms with Gasteiger partial charge in [0.1, 0.15) is 5.82 Å². The Morgan fingerprint density at radius 1 is 1.11 bits per heavy atom. The maximum absolute atomic E-state index is 13.0. The van der Waals surface area contributed by atoms with Gasteiger partial charge in [0.25, 0.3) is 0 Å². The average molecular weight is 276 g/mol. The molecule has 0 unspecified atom stereocenters. The molecule has 0 saturated carbocycles. The van der Waals surface area contributed by atoms with Crippen LogP contribution in [0.5, 0.6) is 0 Å². The summed E-state index contributed by atoms with van der Waals surface area (Å²) < 4.78 is 50.2. The average Bonchev–Trinajstić information content (AvgIpc) is 2.27. The molecule has 2 aromatic rings. The van der Waals surface area contributed by atoms with Gasteiger partial charge in [0.05, 0.1) is 16.3 Å². The minimum Gasteiger partial charge on any atom is -0.254 e. The van der Waals surface area contributed by atoms with Crippen molar-refractivity contribution >= 4 is 11.6 Å². The van der Waals surface area contributed by atoms with E-state index < -0.39 is 17.6 Å². The standard InChI is InChI=1S/C12H6ClF4N/c13-10-5-8(12(15,16)17)6-18-11(10)7-2-1-3-9(14)4-7/h1-6H. The first-order valence-electron chi connectivity index (χ1n) is 4.86. The Morgan fingerprint density at radius 2 is 1.83 bits per heavy atom. The molecule has 0 amide bonds. The summed E-state index contributed by atoms with van der Waals surface area (Å²) in [6, 6.07) is 6.10. The highest BCUT2D eigenvalue weighted by Crippen LogP contribution is 2.33. The van der Waals surface area contributed by atoms with Crippen LogP contribution in [-0.4, -0.2) is 4.98 Å². The van der Waals surface area contributed by atoms with Crippen LogP contribution >= 0.6 is 11.6 Å². The first-order chi connectivity index (χ1) is 8.38. The highest BCUT2D eigenvalue weighted by atomic mass is 35.5. The van der Waals surface area contributed by atoms with Crippen LogP contribution in [-0.2, 0) is 6.18 Å². The van der Waals surface area contributed by atoms with Crippen molar-refractivity contribution in [2.75, 3.05) is 0 Å². The van der Waals surface area contributed by atoms with Crippen LogP contribution in [0, 0.1) is 5.82 Å². The highest BCUT2D eigenvalue weighted by molar-refractivity contribution is 6.33. The van der Waals surface area contributed by atoms with Crippen LogP contribution in [0.25, 0.3) is 11.3 Å². The summed E-state index contributed by atoms with van der Waals surface area (Å²) in [7, 11) is 0. The summed E-state index contributed by atoms with van der Waals surface area (Å²) in [5.74, 6) is -0.509. The van der Waals surface area contributed by atoms with Gasteiger partial charge in [-0.1, -0.05) is 23.7 Å². The number of hydrogen-bond donors (Lipinski definition) is 0. The van der Waals surface area contributed by atoms with Crippen LogP contribution in [0.15, 0.2) is 36.5 Å². The Hall–Kier alpha value is -1.62. The first-order valence-corrected chi connectivity index (χ1v) is 5.24. The molecule has 0 bridgehead atoms. The van der Waals surface area contributed by atoms with Gasteiger partial charge in [-0.2, -0.15) is 13.2 Å². The van der Waals surface area contributed by atoms with Gasteiger partial charge >= 0.3 is 6.18 Å². The topological polar surface area (TPSA) is 12.9 Å². The lowest BCUT2D eigenvalue weighted by atomic mass is 10.1. The molecule has 0 saturated heterocycles. The fraction of sp³-hybridized carbons (Fsp3) is 0.0833. The Balaban J connectivity index is 2.48. The Morgan fingerprint density at radius 3 is 2.39 bits per heavy atom. The van der Waals surface area contributed by atoms with Gasteiger partial charge in [-0.15, -0.1) is 0 Å². The van der Waals surface area contributed by atoms with Crippen LogP contribution in [0.4, 0.5) is 17.6 Å². The van der Waals surface area contributed by atoms with Gasteiger partial charge in [-0.05, 0) is 18.2 Å². The fourth-order valence-electron chi connectivity index (χ4n) is 1.44. The molecule has 0 aliphatic carbocycles. The van der Waals surface area contributed by atoms with E-state index in [2.05, 4.69) is 4.98 Å². The third kappa shape index (κ3) is 2.61. The second-order valence-corrected chi connectivity index (χ2v) is 3.97. The number of aromatic nitrogens is 1. The minimum absolute atomic E-state index is 0.115. The van der Waals surface area contributed by atoms with Crippen LogP contribution in [0.2, 0.25) is 5.02 Å². The summed E-state index contributed by atoms with van der Waals surface area (Å²) in [5.41, 5.74) is -0.495. The number of alkyl halides is 3. The molecular weight excluding hydrogens is 270 g/mol. The van der Waals surface area contributed by atoms with E-state index in [1.165, 1.54) is 18.2 Å². The van der Waals surface area contributed by atoms with E-state index in [1.807, 2.05) is 0 Å². The molecule has 2 rings (SSSR count). The number of rotatable bonds is 1. The van der Waals surface area contributed by atoms with Crippen LogP contribution < -0.4 is 0 Å². The Labute approximate surface area is 105 Å². The van der Waals surface area contributed by atoms with E-state index >= 15 is 0 Å². The summed E-state index contributed by atoms with van der Waals surface area (Å²) in [5, 5.41) is -0.171. The predicted octanol–water partition coefficient (Wildman–Crippen LogP) is 4.56. The zero-order valence-electron chi connectivity index (χ0n) is 8.80. The van der Waals surface area contributed by atoms with E-state index in [1.54, 1.807) is 0 Å². The Kier molecular flexibility index (Phi) is 3.26. The normalized spacial score (nSPS) is 11.6. The summed E-state index contributed by atoms with van der Waals surface area (Å²) in [6.07, 6.45) is -3.83. The number of benzene rings is 1. The maximum atomic E-state index is 13.0. The molecular formula is C12H6ClF4N. The molecule has 0 fully saturated rings. The summed E-state index contributed by atoms with van der Waals surface area (Å²) >= 11 is 5.74. The molecule has 0 aliphatic heterocycles. The number of halogens is 5. The van der Waals surface area contributed by atoms with Crippen molar-refractivity contribution in [2.45, 2.75) is 6.18 Å². The smallest absolute Gasteiger partial charge is 0.254 e. The molecule has 18 heavy (non-hydrogen) atoms. The molecule has 0 aliphatic rings. The first kappa shape index (κ1) is 12.8. The van der Waals surface area contributed by atoms with Gasteiger partial charge in [0.2, 0.25) is 0 Å². The predicted molar refractivity (Wildman–Crippen MR) is 59.6 cm³/mol. The SMILES string of the molecule is Fc1cccc(-c2ncc(C(F)(F)F)cc2Cl)c1. The van der Waals surface area contributed by atoms with Crippen molar-refractivity contribution in [3.8, 4) is 11.3 Å². The van der Waals surface area contributed by atoms with E-state index in [0.717, 1.165) is 12.1 Å². The third-order valence-electron chi connectivity index (χ3n) is 2.27. The molecule has 0 radical (unpaired) electrons. The molecule has 1 nitrogen and oxygen atoms in total. The number of pyridine rings is 1. The lowest BCUT2D eigenvalue weighted by Crippen LogP contribution is -2.05. The second kappa shape index (κ2) is 4.57. The molecule has 94 valence electrons. The van der Waals surface area contributed by atoms with Gasteiger partial charge < -0.3 is 0 Å². The molecule has 6 heteroatoms. The Bertz CT molecular complexity index is 581. The fourth-order valence-corrected chi connectivity index (χ4v) is 1.72. The van der Waals surface area contributed by atoms with Crippen molar-refractivity contribution in [3.05, 3.63) is 52.9 Å². The largest absolute Gasteiger partial charge is 0.417 e. The molecule has 1 heterocycles. The van der Waals surface area contributed by atoms with Gasteiger partial charge in [0, 0.05) is 11.8 Å². The lowest BCUT2D eigenvalue weighted by molar-refractivity contribution is -0.137. The maximum Gasteiger partial charge on any atom is 0.417 e. The van der Waals surface area contributed by atoms with E-state index in [0.29, 0.717) is 11.8 Å². The second-order valence-electron chi connectivity index (χ2n) is 3.56. The molecule has 1 aromatic carbocycles. The van der Waals surface area contributed by atoms with Crippen molar-refractivity contribution in [1.29, 1.82) is 0 Å². The highest BCUT2D eigenvalue weighted by Gasteiger charge is 2.31. The van der Waals surface area contributed by atoms with Crippen LogP contribution in [0.1, 0.15) is 5.56 Å². The van der Waals surface area contributed by atoms with Crippen LogP contribution in [0.3, 0.4) is 0 Å². The van der Waals surface area contributed by atoms with E-state index in [4.69, 9.17) is 11.6 Å². The molecule has 1 aromatic heterocycles. The van der Waals surface area contributed by atoms with Gasteiger partial charge in [-0.25, -0.2) is 4.39 Å². The zero-order chi connectivity index (χ0) is 13.3. The van der Waals surface area contributed by atoms with Crippen molar-refractivity contribution < 1.29 is 17.6 Å². The number of hydrogen-bond acceptors (Lipinski definition) is 1. The number of nitrogens with zero attached hydrogens (tertiary/aromatic N) is 1. The third-order valence-corrected chi connectivity index (χ3v) is 2.55. The van der Waals surface area contributed by atoms with Crippen molar-refractivity contribution in [1.82, 2.24) is 4.98 Å². The molecule has 0 spiro atoms. The minimum atomic E-state index is -4.50. The van der Waals surface area contributed by atoms with Crippen molar-refractivity contribution in [2.24, 2.45) is 0 Å². The zero-order valence-corrected chi connectivity index (χ0v) is 9.56. The molecule has 0 N–H and O–H groups in total. The van der Waals surface area contributed by atoms with Crippen molar-refractivity contribution in [3.63, 3.8) is 0 Å². The van der Waals surface area contributed by atoms with E-state index in [-0.39, 0.29) is 10.7 Å². The van der Waals surface area contributed by atoms with Gasteiger partial charge in [-0.3, -0.25) is 4.98 Å². The van der Waals surface area contributed by atoms with Gasteiger partial charge in [0.15, 0.2) is 0 Å². The summed E-state index contributed by atoms with van der Waals surface area (Å²) in [6.45, 7) is 0. The monoisotopic (exact) mass is 275 g/mol. The van der Waals surface area contributed by atoms with E-state index in [9.17, 15) is 17.6 Å². The quantitative estimate of drug-likeness (QED) is 0.695.